The second kappa shape index (κ2) is 8.01. The number of aromatic nitrogens is 1. The summed E-state index contributed by atoms with van der Waals surface area (Å²) in [5.41, 5.74) is 1.22. The lowest BCUT2D eigenvalue weighted by atomic mass is 10.0. The third-order valence-electron chi connectivity index (χ3n) is 4.73. The molecule has 0 spiro atoms. The van der Waals surface area contributed by atoms with Gasteiger partial charge >= 0.3 is 0 Å². The standard InChI is InChI=1S/C18H22F3N3O/c1-23-8-6-15(7-9-23)24(10-13-2-4-14(19)5-3-13)11-16-17(18(20)21)25-12-22-16/h2-5,12,15,18H,6-11H2,1H3. The van der Waals surface area contributed by atoms with E-state index in [-0.39, 0.29) is 23.3 Å². The summed E-state index contributed by atoms with van der Waals surface area (Å²) in [6, 6.07) is 6.57. The number of rotatable bonds is 6. The SMILES string of the molecule is CN1CCC(N(Cc2ccc(F)cc2)Cc2ncoc2C(F)F)CC1. The largest absolute Gasteiger partial charge is 0.442 e. The van der Waals surface area contributed by atoms with Crippen molar-refractivity contribution in [3.05, 3.63) is 53.5 Å². The first-order chi connectivity index (χ1) is 12.0. The van der Waals surface area contributed by atoms with Gasteiger partial charge in [-0.05, 0) is 50.7 Å². The van der Waals surface area contributed by atoms with Crippen LogP contribution in [0.25, 0.3) is 0 Å². The number of hydrogen-bond acceptors (Lipinski definition) is 4. The van der Waals surface area contributed by atoms with Gasteiger partial charge in [-0.15, -0.1) is 0 Å². The van der Waals surface area contributed by atoms with E-state index in [1.54, 1.807) is 12.1 Å². The second-order valence-electron chi connectivity index (χ2n) is 6.53. The van der Waals surface area contributed by atoms with Crippen LogP contribution < -0.4 is 0 Å². The van der Waals surface area contributed by atoms with Crippen LogP contribution in [-0.4, -0.2) is 41.0 Å². The molecule has 0 radical (unpaired) electrons. The first-order valence-corrected chi connectivity index (χ1v) is 8.40. The molecule has 0 atom stereocenters. The Hall–Kier alpha value is -1.86. The summed E-state index contributed by atoms with van der Waals surface area (Å²) in [5, 5.41) is 0. The Morgan fingerprint density at radius 1 is 1.20 bits per heavy atom. The molecule has 0 bridgehead atoms. The van der Waals surface area contributed by atoms with Gasteiger partial charge in [0.25, 0.3) is 6.43 Å². The first kappa shape index (κ1) is 17.9. The van der Waals surface area contributed by atoms with Crippen LogP contribution in [0.4, 0.5) is 13.2 Å². The molecule has 0 amide bonds. The summed E-state index contributed by atoms with van der Waals surface area (Å²) < 4.78 is 44.1. The molecule has 1 aliphatic rings. The number of piperidine rings is 1. The van der Waals surface area contributed by atoms with Crippen molar-refractivity contribution in [3.63, 3.8) is 0 Å². The highest BCUT2D eigenvalue weighted by Gasteiger charge is 2.27. The van der Waals surface area contributed by atoms with Crippen molar-refractivity contribution >= 4 is 0 Å². The minimum absolute atomic E-state index is 0.267. The molecule has 1 aromatic carbocycles. The van der Waals surface area contributed by atoms with Crippen molar-refractivity contribution in [2.24, 2.45) is 0 Å². The maximum atomic E-state index is 13.1. The van der Waals surface area contributed by atoms with Crippen LogP contribution in [0, 0.1) is 5.82 Å². The molecule has 1 aliphatic heterocycles. The molecule has 0 N–H and O–H groups in total. The van der Waals surface area contributed by atoms with Gasteiger partial charge < -0.3 is 9.32 Å². The van der Waals surface area contributed by atoms with Crippen molar-refractivity contribution in [1.82, 2.24) is 14.8 Å². The Morgan fingerprint density at radius 3 is 2.52 bits per heavy atom. The van der Waals surface area contributed by atoms with Crippen molar-refractivity contribution in [3.8, 4) is 0 Å². The topological polar surface area (TPSA) is 32.5 Å². The van der Waals surface area contributed by atoms with E-state index in [0.717, 1.165) is 37.9 Å². The number of oxazole rings is 1. The molecular formula is C18H22F3N3O. The van der Waals surface area contributed by atoms with E-state index in [2.05, 4.69) is 21.8 Å². The lowest BCUT2D eigenvalue weighted by Crippen LogP contribution is -2.43. The van der Waals surface area contributed by atoms with Crippen molar-refractivity contribution in [2.45, 2.75) is 38.4 Å². The highest BCUT2D eigenvalue weighted by Crippen LogP contribution is 2.26. The molecule has 136 valence electrons. The molecule has 1 saturated heterocycles. The zero-order valence-corrected chi connectivity index (χ0v) is 14.2. The monoisotopic (exact) mass is 353 g/mol. The average molecular weight is 353 g/mol. The van der Waals surface area contributed by atoms with E-state index in [1.165, 1.54) is 12.1 Å². The smallest absolute Gasteiger partial charge is 0.297 e. The summed E-state index contributed by atoms with van der Waals surface area (Å²) in [6.45, 7) is 2.78. The van der Waals surface area contributed by atoms with Gasteiger partial charge in [0, 0.05) is 19.1 Å². The van der Waals surface area contributed by atoms with Gasteiger partial charge in [0.05, 0.1) is 0 Å². The minimum atomic E-state index is -2.68. The van der Waals surface area contributed by atoms with Gasteiger partial charge in [0.2, 0.25) is 0 Å². The van der Waals surface area contributed by atoms with Crippen molar-refractivity contribution in [1.29, 1.82) is 0 Å². The van der Waals surface area contributed by atoms with Crippen LogP contribution >= 0.6 is 0 Å². The van der Waals surface area contributed by atoms with Gasteiger partial charge in [-0.25, -0.2) is 18.2 Å². The zero-order valence-electron chi connectivity index (χ0n) is 14.2. The number of benzene rings is 1. The predicted octanol–water partition coefficient (Wildman–Crippen LogP) is 3.85. The van der Waals surface area contributed by atoms with Gasteiger partial charge in [-0.3, -0.25) is 4.90 Å². The van der Waals surface area contributed by atoms with Crippen LogP contribution in [0.2, 0.25) is 0 Å². The molecule has 0 saturated carbocycles. The van der Waals surface area contributed by atoms with Crippen molar-refractivity contribution in [2.75, 3.05) is 20.1 Å². The Morgan fingerprint density at radius 2 is 1.88 bits per heavy atom. The summed E-state index contributed by atoms with van der Waals surface area (Å²) in [7, 11) is 2.08. The highest BCUT2D eigenvalue weighted by atomic mass is 19.3. The Bertz CT molecular complexity index is 666. The molecule has 25 heavy (non-hydrogen) atoms. The quantitative estimate of drug-likeness (QED) is 0.790. The fourth-order valence-electron chi connectivity index (χ4n) is 3.27. The molecule has 4 nitrogen and oxygen atoms in total. The van der Waals surface area contributed by atoms with Crippen LogP contribution in [0.15, 0.2) is 35.1 Å². The van der Waals surface area contributed by atoms with E-state index in [1.807, 2.05) is 0 Å². The number of halogens is 3. The van der Waals surface area contributed by atoms with Gasteiger partial charge in [-0.1, -0.05) is 12.1 Å². The van der Waals surface area contributed by atoms with Crippen LogP contribution in [-0.2, 0) is 13.1 Å². The fourth-order valence-corrected chi connectivity index (χ4v) is 3.27. The lowest BCUT2D eigenvalue weighted by molar-refractivity contribution is 0.0975. The first-order valence-electron chi connectivity index (χ1n) is 8.40. The summed E-state index contributed by atoms with van der Waals surface area (Å²) in [4.78, 5) is 8.38. The number of likely N-dealkylation sites (tertiary alicyclic amines) is 1. The third-order valence-corrected chi connectivity index (χ3v) is 4.73. The van der Waals surface area contributed by atoms with Gasteiger partial charge in [-0.2, -0.15) is 0 Å². The maximum Gasteiger partial charge on any atom is 0.297 e. The lowest BCUT2D eigenvalue weighted by Gasteiger charge is -2.37. The molecule has 3 rings (SSSR count). The number of hydrogen-bond donors (Lipinski definition) is 0. The van der Waals surface area contributed by atoms with Crippen LogP contribution in [0.3, 0.4) is 0 Å². The van der Waals surface area contributed by atoms with E-state index in [0.29, 0.717) is 13.1 Å². The van der Waals surface area contributed by atoms with Gasteiger partial charge in [0.15, 0.2) is 12.2 Å². The Labute approximate surface area is 145 Å². The van der Waals surface area contributed by atoms with Crippen molar-refractivity contribution < 1.29 is 17.6 Å². The fraction of sp³-hybridized carbons (Fsp3) is 0.500. The zero-order chi connectivity index (χ0) is 17.8. The number of alkyl halides is 2. The van der Waals surface area contributed by atoms with E-state index >= 15 is 0 Å². The predicted molar refractivity (Wildman–Crippen MR) is 87.6 cm³/mol. The molecule has 1 fully saturated rings. The molecule has 0 aliphatic carbocycles. The second-order valence-corrected chi connectivity index (χ2v) is 6.53. The minimum Gasteiger partial charge on any atom is -0.442 e. The molecule has 2 heterocycles. The maximum absolute atomic E-state index is 13.1. The molecule has 7 heteroatoms. The van der Waals surface area contributed by atoms with Crippen LogP contribution in [0.1, 0.15) is 36.3 Å². The molecule has 0 unspecified atom stereocenters. The molecule has 1 aromatic heterocycles. The summed E-state index contributed by atoms with van der Waals surface area (Å²) in [5.74, 6) is -0.650. The van der Waals surface area contributed by atoms with Crippen LogP contribution in [0.5, 0.6) is 0 Å². The van der Waals surface area contributed by atoms with E-state index in [4.69, 9.17) is 4.42 Å². The Kier molecular flexibility index (Phi) is 5.75. The number of nitrogens with zero attached hydrogens (tertiary/aromatic N) is 3. The summed E-state index contributed by atoms with van der Waals surface area (Å²) >= 11 is 0. The van der Waals surface area contributed by atoms with E-state index < -0.39 is 6.43 Å². The molecule has 2 aromatic rings. The highest BCUT2D eigenvalue weighted by molar-refractivity contribution is 5.17. The summed E-state index contributed by atoms with van der Waals surface area (Å²) in [6.07, 6.45) is 0.309. The normalized spacial score (nSPS) is 16.9. The van der Waals surface area contributed by atoms with Gasteiger partial charge in [0.1, 0.15) is 11.5 Å². The Balaban J connectivity index is 1.78. The molecular weight excluding hydrogens is 331 g/mol. The third kappa shape index (κ3) is 4.61. The van der Waals surface area contributed by atoms with E-state index in [9.17, 15) is 13.2 Å². The average Bonchev–Trinajstić information content (AvgIpc) is 3.05.